The standard InChI is InChI=1S/C10H12ClN3O/c11-8-3-1-7(2-4-8)6-14-10(15)5-9(12)13/h1-4H,5-6H2,(H3,12,13)(H,14,15). The summed E-state index contributed by atoms with van der Waals surface area (Å²) < 4.78 is 0. The van der Waals surface area contributed by atoms with Gasteiger partial charge >= 0.3 is 0 Å². The zero-order valence-corrected chi connectivity index (χ0v) is 8.84. The normalized spacial score (nSPS) is 9.67. The number of benzene rings is 1. The number of carbonyl (C=O) groups is 1. The number of halogens is 1. The molecule has 0 aliphatic rings. The Kier molecular flexibility index (Phi) is 4.12. The number of rotatable bonds is 4. The lowest BCUT2D eigenvalue weighted by molar-refractivity contribution is -0.120. The molecule has 80 valence electrons. The lowest BCUT2D eigenvalue weighted by Crippen LogP contribution is -2.27. The van der Waals surface area contributed by atoms with Crippen molar-refractivity contribution in [2.45, 2.75) is 13.0 Å². The van der Waals surface area contributed by atoms with Gasteiger partial charge in [-0.25, -0.2) is 0 Å². The number of amidine groups is 1. The van der Waals surface area contributed by atoms with Gasteiger partial charge < -0.3 is 11.1 Å². The van der Waals surface area contributed by atoms with Gasteiger partial charge in [0.1, 0.15) is 0 Å². The monoisotopic (exact) mass is 225 g/mol. The van der Waals surface area contributed by atoms with Crippen molar-refractivity contribution in [2.24, 2.45) is 5.73 Å². The van der Waals surface area contributed by atoms with Gasteiger partial charge in [-0.2, -0.15) is 0 Å². The van der Waals surface area contributed by atoms with Crippen LogP contribution in [0.3, 0.4) is 0 Å². The summed E-state index contributed by atoms with van der Waals surface area (Å²) in [6.45, 7) is 0.420. The van der Waals surface area contributed by atoms with Gasteiger partial charge in [0.05, 0.1) is 12.3 Å². The van der Waals surface area contributed by atoms with E-state index in [-0.39, 0.29) is 18.2 Å². The number of nitrogens with one attached hydrogen (secondary N) is 2. The van der Waals surface area contributed by atoms with E-state index in [2.05, 4.69) is 5.32 Å². The van der Waals surface area contributed by atoms with Crippen LogP contribution in [-0.2, 0) is 11.3 Å². The largest absolute Gasteiger partial charge is 0.387 e. The van der Waals surface area contributed by atoms with Crippen LogP contribution in [0.25, 0.3) is 0 Å². The zero-order valence-electron chi connectivity index (χ0n) is 8.09. The summed E-state index contributed by atoms with van der Waals surface area (Å²) in [5.41, 5.74) is 6.04. The van der Waals surface area contributed by atoms with Gasteiger partial charge in [0, 0.05) is 11.6 Å². The Morgan fingerprint density at radius 3 is 2.53 bits per heavy atom. The third-order valence-corrected chi connectivity index (χ3v) is 2.01. The van der Waals surface area contributed by atoms with E-state index in [1.54, 1.807) is 12.1 Å². The highest BCUT2D eigenvalue weighted by Crippen LogP contribution is 2.08. The minimum atomic E-state index is -0.252. The molecule has 0 spiro atoms. The average Bonchev–Trinajstić information content (AvgIpc) is 2.16. The van der Waals surface area contributed by atoms with Gasteiger partial charge in [-0.15, -0.1) is 0 Å². The van der Waals surface area contributed by atoms with Crippen LogP contribution in [0.1, 0.15) is 12.0 Å². The molecule has 0 saturated carbocycles. The maximum absolute atomic E-state index is 11.1. The second kappa shape index (κ2) is 5.36. The van der Waals surface area contributed by atoms with Crippen molar-refractivity contribution in [3.8, 4) is 0 Å². The fourth-order valence-corrected chi connectivity index (χ4v) is 1.16. The van der Waals surface area contributed by atoms with Crippen LogP contribution in [-0.4, -0.2) is 11.7 Å². The van der Waals surface area contributed by atoms with Crippen molar-refractivity contribution >= 4 is 23.3 Å². The first kappa shape index (κ1) is 11.5. The Hall–Kier alpha value is -1.55. The molecule has 0 saturated heterocycles. The van der Waals surface area contributed by atoms with E-state index in [0.29, 0.717) is 11.6 Å². The van der Waals surface area contributed by atoms with E-state index in [1.165, 1.54) is 0 Å². The molecule has 4 nitrogen and oxygen atoms in total. The van der Waals surface area contributed by atoms with Crippen molar-refractivity contribution in [2.75, 3.05) is 0 Å². The van der Waals surface area contributed by atoms with Crippen molar-refractivity contribution < 1.29 is 4.79 Å². The Morgan fingerprint density at radius 1 is 1.40 bits per heavy atom. The molecule has 0 atom stereocenters. The number of carbonyl (C=O) groups excluding carboxylic acids is 1. The smallest absolute Gasteiger partial charge is 0.227 e. The van der Waals surface area contributed by atoms with E-state index in [1.807, 2.05) is 12.1 Å². The second-order valence-corrected chi connectivity index (χ2v) is 3.54. The summed E-state index contributed by atoms with van der Waals surface area (Å²) in [6.07, 6.45) is -0.0619. The van der Waals surface area contributed by atoms with E-state index in [4.69, 9.17) is 22.7 Å². The van der Waals surface area contributed by atoms with Gasteiger partial charge in [0.2, 0.25) is 5.91 Å². The summed E-state index contributed by atoms with van der Waals surface area (Å²) in [7, 11) is 0. The fourth-order valence-electron chi connectivity index (χ4n) is 1.04. The summed E-state index contributed by atoms with van der Waals surface area (Å²) in [4.78, 5) is 11.1. The molecule has 1 rings (SSSR count). The number of amides is 1. The summed E-state index contributed by atoms with van der Waals surface area (Å²) in [5.74, 6) is -0.388. The molecular weight excluding hydrogens is 214 g/mol. The van der Waals surface area contributed by atoms with Crippen LogP contribution in [0, 0.1) is 5.41 Å². The van der Waals surface area contributed by atoms with Gasteiger partial charge in [0.15, 0.2) is 0 Å². The van der Waals surface area contributed by atoms with Crippen molar-refractivity contribution in [1.29, 1.82) is 5.41 Å². The summed E-state index contributed by atoms with van der Waals surface area (Å²) >= 11 is 5.71. The van der Waals surface area contributed by atoms with Crippen molar-refractivity contribution in [3.05, 3.63) is 34.9 Å². The van der Waals surface area contributed by atoms with E-state index in [0.717, 1.165) is 5.56 Å². The highest BCUT2D eigenvalue weighted by molar-refractivity contribution is 6.30. The first-order valence-electron chi connectivity index (χ1n) is 4.42. The SMILES string of the molecule is N=C(N)CC(=O)NCc1ccc(Cl)cc1. The summed E-state index contributed by atoms with van der Waals surface area (Å²) in [6, 6.07) is 7.18. The highest BCUT2D eigenvalue weighted by atomic mass is 35.5. The molecule has 15 heavy (non-hydrogen) atoms. The van der Waals surface area contributed by atoms with Gasteiger partial charge in [-0.1, -0.05) is 23.7 Å². The third-order valence-electron chi connectivity index (χ3n) is 1.75. The Morgan fingerprint density at radius 2 is 2.00 bits per heavy atom. The second-order valence-electron chi connectivity index (χ2n) is 3.11. The van der Waals surface area contributed by atoms with Crippen LogP contribution in [0.2, 0.25) is 5.02 Å². The molecule has 0 aliphatic heterocycles. The zero-order chi connectivity index (χ0) is 11.3. The average molecular weight is 226 g/mol. The minimum absolute atomic E-state index is 0.0619. The van der Waals surface area contributed by atoms with Crippen LogP contribution >= 0.6 is 11.6 Å². The third kappa shape index (κ3) is 4.46. The molecule has 0 bridgehead atoms. The maximum atomic E-state index is 11.1. The summed E-state index contributed by atoms with van der Waals surface area (Å²) in [5, 5.41) is 10.2. The topological polar surface area (TPSA) is 79.0 Å². The Balaban J connectivity index is 2.40. The molecule has 0 unspecified atom stereocenters. The molecule has 0 heterocycles. The molecule has 0 aliphatic carbocycles. The number of nitrogens with two attached hydrogens (primary N) is 1. The van der Waals surface area contributed by atoms with Crippen LogP contribution in [0.4, 0.5) is 0 Å². The van der Waals surface area contributed by atoms with Gasteiger partial charge in [-0.3, -0.25) is 10.2 Å². The quantitative estimate of drug-likeness (QED) is 0.533. The van der Waals surface area contributed by atoms with Crippen LogP contribution in [0.15, 0.2) is 24.3 Å². The van der Waals surface area contributed by atoms with E-state index < -0.39 is 0 Å². The molecule has 0 fully saturated rings. The van der Waals surface area contributed by atoms with Crippen LogP contribution in [0.5, 0.6) is 0 Å². The number of hydrogen-bond acceptors (Lipinski definition) is 2. The fraction of sp³-hybridized carbons (Fsp3) is 0.200. The molecule has 0 aromatic heterocycles. The maximum Gasteiger partial charge on any atom is 0.227 e. The number of hydrogen-bond donors (Lipinski definition) is 3. The predicted octanol–water partition coefficient (Wildman–Crippen LogP) is 1.28. The molecule has 4 N–H and O–H groups in total. The van der Waals surface area contributed by atoms with Crippen LogP contribution < -0.4 is 11.1 Å². The Labute approximate surface area is 92.9 Å². The van der Waals surface area contributed by atoms with E-state index >= 15 is 0 Å². The molecule has 0 radical (unpaired) electrons. The minimum Gasteiger partial charge on any atom is -0.387 e. The highest BCUT2D eigenvalue weighted by Gasteiger charge is 2.02. The lowest BCUT2D eigenvalue weighted by atomic mass is 10.2. The van der Waals surface area contributed by atoms with Gasteiger partial charge in [0.25, 0.3) is 0 Å². The van der Waals surface area contributed by atoms with Crippen molar-refractivity contribution in [3.63, 3.8) is 0 Å². The molecule has 1 amide bonds. The predicted molar refractivity (Wildman–Crippen MR) is 59.8 cm³/mol. The van der Waals surface area contributed by atoms with Gasteiger partial charge in [-0.05, 0) is 17.7 Å². The molecular formula is C10H12ClN3O. The molecule has 5 heteroatoms. The first-order valence-corrected chi connectivity index (χ1v) is 4.80. The van der Waals surface area contributed by atoms with E-state index in [9.17, 15) is 4.79 Å². The molecule has 1 aromatic rings. The Bertz CT molecular complexity index is 361. The lowest BCUT2D eigenvalue weighted by Gasteiger charge is -2.04. The van der Waals surface area contributed by atoms with Crippen molar-refractivity contribution in [1.82, 2.24) is 5.32 Å². The first-order chi connectivity index (χ1) is 7.08. The molecule has 1 aromatic carbocycles.